The highest BCUT2D eigenvalue weighted by atomic mass is 79.9. The minimum atomic E-state index is -0.243. The molecule has 4 heteroatoms. The van der Waals surface area contributed by atoms with E-state index in [0.29, 0.717) is 10.6 Å². The molecule has 1 nitrogen and oxygen atoms in total. The summed E-state index contributed by atoms with van der Waals surface area (Å²) in [4.78, 5) is 0. The average Bonchev–Trinajstić information content (AvgIpc) is 2.42. The maximum atomic E-state index is 14.2. The van der Waals surface area contributed by atoms with Crippen LogP contribution in [0.4, 0.5) is 4.39 Å². The van der Waals surface area contributed by atoms with Gasteiger partial charge in [-0.15, -0.1) is 0 Å². The van der Waals surface area contributed by atoms with Crippen LogP contribution in [0.2, 0.25) is 5.02 Å². The van der Waals surface area contributed by atoms with E-state index in [4.69, 9.17) is 11.6 Å². The molecule has 2 aromatic rings. The number of nitrogens with one attached hydrogen (secondary N) is 1. The zero-order chi connectivity index (χ0) is 14.5. The van der Waals surface area contributed by atoms with Crippen molar-refractivity contribution in [1.29, 1.82) is 0 Å². The van der Waals surface area contributed by atoms with Gasteiger partial charge in [0.25, 0.3) is 0 Å². The van der Waals surface area contributed by atoms with Gasteiger partial charge in [0.05, 0.1) is 6.04 Å². The number of benzene rings is 2. The third-order valence-electron chi connectivity index (χ3n) is 3.09. The Morgan fingerprint density at radius 2 is 1.95 bits per heavy atom. The zero-order valence-electron chi connectivity index (χ0n) is 11.2. The fourth-order valence-electron chi connectivity index (χ4n) is 2.12. The lowest BCUT2D eigenvalue weighted by molar-refractivity contribution is 0.546. The lowest BCUT2D eigenvalue weighted by atomic mass is 9.98. The number of halogens is 3. The maximum Gasteiger partial charge on any atom is 0.129 e. The smallest absolute Gasteiger partial charge is 0.129 e. The van der Waals surface area contributed by atoms with E-state index < -0.39 is 0 Å². The Bertz CT molecular complexity index is 588. The van der Waals surface area contributed by atoms with Gasteiger partial charge in [-0.25, -0.2) is 4.39 Å². The first-order valence-electron chi connectivity index (χ1n) is 6.56. The van der Waals surface area contributed by atoms with Crippen LogP contribution in [-0.4, -0.2) is 6.54 Å². The van der Waals surface area contributed by atoms with Gasteiger partial charge >= 0.3 is 0 Å². The van der Waals surface area contributed by atoms with Gasteiger partial charge in [0.2, 0.25) is 0 Å². The van der Waals surface area contributed by atoms with Crippen molar-refractivity contribution in [1.82, 2.24) is 5.32 Å². The largest absolute Gasteiger partial charge is 0.306 e. The van der Waals surface area contributed by atoms with Crippen molar-refractivity contribution in [3.63, 3.8) is 0 Å². The van der Waals surface area contributed by atoms with Gasteiger partial charge in [-0.3, -0.25) is 0 Å². The highest BCUT2D eigenvalue weighted by Gasteiger charge is 2.19. The van der Waals surface area contributed by atoms with Crippen molar-refractivity contribution in [2.75, 3.05) is 6.54 Å². The molecule has 20 heavy (non-hydrogen) atoms. The van der Waals surface area contributed by atoms with E-state index in [0.717, 1.165) is 23.0 Å². The number of hydrogen-bond acceptors (Lipinski definition) is 1. The normalized spacial score (nSPS) is 12.4. The topological polar surface area (TPSA) is 12.0 Å². The van der Waals surface area contributed by atoms with Gasteiger partial charge in [-0.1, -0.05) is 58.7 Å². The van der Waals surface area contributed by atoms with Crippen LogP contribution in [0.5, 0.6) is 0 Å². The van der Waals surface area contributed by atoms with E-state index in [9.17, 15) is 4.39 Å². The molecule has 0 heterocycles. The quantitative estimate of drug-likeness (QED) is 0.763. The third-order valence-corrected chi connectivity index (χ3v) is 3.93. The summed E-state index contributed by atoms with van der Waals surface area (Å²) >= 11 is 9.54. The van der Waals surface area contributed by atoms with Crippen LogP contribution in [-0.2, 0) is 0 Å². The second kappa shape index (κ2) is 7.21. The van der Waals surface area contributed by atoms with Crippen LogP contribution in [0, 0.1) is 5.82 Å². The first kappa shape index (κ1) is 15.5. The van der Waals surface area contributed by atoms with Crippen molar-refractivity contribution in [3.05, 3.63) is 68.9 Å². The molecule has 1 atom stereocenters. The van der Waals surface area contributed by atoms with Crippen LogP contribution in [0.3, 0.4) is 0 Å². The molecule has 1 N–H and O–H groups in total. The minimum absolute atomic E-state index is 0.239. The van der Waals surface area contributed by atoms with E-state index in [-0.39, 0.29) is 11.9 Å². The van der Waals surface area contributed by atoms with Gasteiger partial charge in [-0.2, -0.15) is 0 Å². The Morgan fingerprint density at radius 1 is 1.20 bits per heavy atom. The number of rotatable bonds is 5. The molecule has 0 aromatic heterocycles. The molecule has 0 spiro atoms. The second-order valence-electron chi connectivity index (χ2n) is 4.57. The summed E-state index contributed by atoms with van der Waals surface area (Å²) < 4.78 is 15.0. The van der Waals surface area contributed by atoms with Crippen molar-refractivity contribution < 1.29 is 4.39 Å². The van der Waals surface area contributed by atoms with Crippen molar-refractivity contribution in [2.24, 2.45) is 0 Å². The number of hydrogen-bond donors (Lipinski definition) is 1. The summed E-state index contributed by atoms with van der Waals surface area (Å²) in [6.45, 7) is 2.87. The molecule has 0 bridgehead atoms. The van der Waals surface area contributed by atoms with E-state index in [1.54, 1.807) is 6.07 Å². The molecular weight excluding hydrogens is 341 g/mol. The molecule has 1 unspecified atom stereocenters. The molecule has 0 aliphatic carbocycles. The van der Waals surface area contributed by atoms with Crippen molar-refractivity contribution in [2.45, 2.75) is 19.4 Å². The summed E-state index contributed by atoms with van der Waals surface area (Å²) in [5, 5.41) is 4.01. The molecule has 2 aromatic carbocycles. The van der Waals surface area contributed by atoms with E-state index in [2.05, 4.69) is 28.2 Å². The molecule has 2 rings (SSSR count). The van der Waals surface area contributed by atoms with E-state index in [1.807, 2.05) is 30.3 Å². The summed E-state index contributed by atoms with van der Waals surface area (Å²) in [7, 11) is 0. The average molecular weight is 357 g/mol. The maximum absolute atomic E-state index is 14.2. The van der Waals surface area contributed by atoms with E-state index in [1.165, 1.54) is 6.07 Å². The molecule has 0 aliphatic rings. The van der Waals surface area contributed by atoms with Crippen molar-refractivity contribution in [3.8, 4) is 0 Å². The molecular formula is C16H16BrClFN. The minimum Gasteiger partial charge on any atom is -0.306 e. The Hall–Kier alpha value is -0.900. The van der Waals surface area contributed by atoms with Gasteiger partial charge < -0.3 is 5.32 Å². The monoisotopic (exact) mass is 355 g/mol. The van der Waals surface area contributed by atoms with Crippen LogP contribution in [0.1, 0.15) is 30.5 Å². The zero-order valence-corrected chi connectivity index (χ0v) is 13.5. The lowest BCUT2D eigenvalue weighted by Crippen LogP contribution is -2.24. The predicted octanol–water partition coefficient (Wildman–Crippen LogP) is 5.33. The Labute approximate surface area is 132 Å². The summed E-state index contributed by atoms with van der Waals surface area (Å²) in [5.41, 5.74) is 1.50. The van der Waals surface area contributed by atoms with Gasteiger partial charge in [-0.05, 0) is 36.7 Å². The predicted molar refractivity (Wildman–Crippen MR) is 85.7 cm³/mol. The Morgan fingerprint density at radius 3 is 2.60 bits per heavy atom. The molecule has 0 fully saturated rings. The Balaban J connectivity index is 2.44. The van der Waals surface area contributed by atoms with Gasteiger partial charge in [0.1, 0.15) is 5.82 Å². The molecule has 0 aliphatic heterocycles. The molecule has 0 amide bonds. The summed E-state index contributed by atoms with van der Waals surface area (Å²) in [6, 6.07) is 12.4. The SMILES string of the molecule is CCCNC(c1ccc(Br)cc1F)c1ccccc1Cl. The molecule has 106 valence electrons. The summed E-state index contributed by atoms with van der Waals surface area (Å²) in [5.74, 6) is -0.243. The first-order chi connectivity index (χ1) is 9.63. The van der Waals surface area contributed by atoms with Crippen LogP contribution in [0.25, 0.3) is 0 Å². The molecule has 0 saturated heterocycles. The van der Waals surface area contributed by atoms with Crippen molar-refractivity contribution >= 4 is 27.5 Å². The second-order valence-corrected chi connectivity index (χ2v) is 5.90. The Kier molecular flexibility index (Phi) is 5.58. The molecule has 0 radical (unpaired) electrons. The van der Waals surface area contributed by atoms with Crippen LogP contribution >= 0.6 is 27.5 Å². The third kappa shape index (κ3) is 3.60. The van der Waals surface area contributed by atoms with Crippen LogP contribution < -0.4 is 5.32 Å². The first-order valence-corrected chi connectivity index (χ1v) is 7.73. The lowest BCUT2D eigenvalue weighted by Gasteiger charge is -2.21. The highest BCUT2D eigenvalue weighted by molar-refractivity contribution is 9.10. The van der Waals surface area contributed by atoms with Crippen LogP contribution in [0.15, 0.2) is 46.9 Å². The van der Waals surface area contributed by atoms with Gasteiger partial charge in [0, 0.05) is 15.1 Å². The molecule has 0 saturated carbocycles. The highest BCUT2D eigenvalue weighted by Crippen LogP contribution is 2.30. The fourth-order valence-corrected chi connectivity index (χ4v) is 2.70. The van der Waals surface area contributed by atoms with E-state index >= 15 is 0 Å². The standard InChI is InChI=1S/C16H16BrClFN/c1-2-9-20-16(12-5-3-4-6-14(12)18)13-8-7-11(17)10-15(13)19/h3-8,10,16,20H,2,9H2,1H3. The summed E-state index contributed by atoms with van der Waals surface area (Å²) in [6.07, 6.45) is 0.971. The fraction of sp³-hybridized carbons (Fsp3) is 0.250. The van der Waals surface area contributed by atoms with Gasteiger partial charge in [0.15, 0.2) is 0 Å².